The minimum absolute atomic E-state index is 0.00997. The number of carbonyl (C=O) groups excluding carboxylic acids is 2. The molecular weight excluding hydrogens is 456 g/mol. The van der Waals surface area contributed by atoms with Crippen LogP contribution in [0.5, 0.6) is 0 Å². The topological polar surface area (TPSA) is 162 Å². The molecule has 2 aliphatic rings. The molecule has 0 bridgehead atoms. The summed E-state index contributed by atoms with van der Waals surface area (Å²) in [6.45, 7) is 2.34. The number of hydroxylamine groups is 1. The van der Waals surface area contributed by atoms with E-state index in [0.29, 0.717) is 6.42 Å². The van der Waals surface area contributed by atoms with Gasteiger partial charge in [0.1, 0.15) is 12.6 Å². The van der Waals surface area contributed by atoms with Gasteiger partial charge in [0.25, 0.3) is 5.91 Å². The van der Waals surface area contributed by atoms with Crippen LogP contribution in [0.4, 0.5) is 4.79 Å². The van der Waals surface area contributed by atoms with Crippen molar-refractivity contribution in [1.82, 2.24) is 26.7 Å². The largest absolute Gasteiger partial charge is 0.480 e. The molecular formula is C23H34N6O6. The number of nitrogens with zero attached hydrogens (tertiary/aromatic N) is 1. The standard InChI is InChI=1S/C23H34N6O6/c30-20(19-13-17(29-35-19)9-4-5-10-24-22-25-11-6-12-26-22)27-14-18(21(31)32)28-23(33)34-15-16-7-2-1-3-8-16/h1-3,7-8,17-19,29H,4-6,9-15H2,(H,27,30)(H,28,33)(H,31,32)(H2,24,25,26)/t17-,18-,19+/m0/s1. The van der Waals surface area contributed by atoms with E-state index in [4.69, 9.17) is 9.57 Å². The number of benzene rings is 1. The molecule has 2 aliphatic heterocycles. The summed E-state index contributed by atoms with van der Waals surface area (Å²) >= 11 is 0. The fourth-order valence-electron chi connectivity index (χ4n) is 3.67. The highest BCUT2D eigenvalue weighted by Crippen LogP contribution is 2.16. The van der Waals surface area contributed by atoms with Crippen molar-refractivity contribution in [3.05, 3.63) is 35.9 Å². The summed E-state index contributed by atoms with van der Waals surface area (Å²) in [6, 6.07) is 7.72. The Hall–Kier alpha value is -3.38. The number of guanidine groups is 1. The van der Waals surface area contributed by atoms with E-state index in [2.05, 4.69) is 31.7 Å². The van der Waals surface area contributed by atoms with Gasteiger partial charge < -0.3 is 31.1 Å². The van der Waals surface area contributed by atoms with Crippen LogP contribution in [-0.2, 0) is 25.8 Å². The van der Waals surface area contributed by atoms with E-state index >= 15 is 0 Å². The van der Waals surface area contributed by atoms with Crippen LogP contribution in [0.1, 0.15) is 37.7 Å². The molecule has 1 aromatic carbocycles. The third kappa shape index (κ3) is 9.41. The lowest BCUT2D eigenvalue weighted by molar-refractivity contribution is -0.139. The molecule has 2 amide bonds. The van der Waals surface area contributed by atoms with Crippen LogP contribution >= 0.6 is 0 Å². The fraction of sp³-hybridized carbons (Fsp3) is 0.565. The number of aliphatic imine (C=N–C) groups is 1. The molecule has 1 fully saturated rings. The van der Waals surface area contributed by atoms with Crippen molar-refractivity contribution in [3.63, 3.8) is 0 Å². The monoisotopic (exact) mass is 490 g/mol. The predicted molar refractivity (Wildman–Crippen MR) is 127 cm³/mol. The lowest BCUT2D eigenvalue weighted by Gasteiger charge is -2.16. The summed E-state index contributed by atoms with van der Waals surface area (Å²) in [5, 5.41) is 20.6. The Balaban J connectivity index is 1.29. The smallest absolute Gasteiger partial charge is 0.408 e. The van der Waals surface area contributed by atoms with Crippen molar-refractivity contribution in [2.75, 3.05) is 26.2 Å². The zero-order chi connectivity index (χ0) is 24.9. The van der Waals surface area contributed by atoms with Crippen molar-refractivity contribution in [2.45, 2.75) is 56.9 Å². The molecule has 12 heteroatoms. The van der Waals surface area contributed by atoms with E-state index in [1.165, 1.54) is 0 Å². The zero-order valence-electron chi connectivity index (χ0n) is 19.6. The van der Waals surface area contributed by atoms with Crippen LogP contribution in [0.15, 0.2) is 35.3 Å². The molecule has 3 atom stereocenters. The molecule has 2 heterocycles. The normalized spacial score (nSPS) is 20.2. The molecule has 1 saturated heterocycles. The van der Waals surface area contributed by atoms with Crippen LogP contribution in [-0.4, -0.2) is 73.4 Å². The van der Waals surface area contributed by atoms with E-state index in [1.54, 1.807) is 24.3 Å². The maximum atomic E-state index is 12.4. The molecule has 12 nitrogen and oxygen atoms in total. The van der Waals surface area contributed by atoms with Gasteiger partial charge in [-0.2, -0.15) is 5.48 Å². The molecule has 0 radical (unpaired) electrons. The maximum Gasteiger partial charge on any atom is 0.408 e. The van der Waals surface area contributed by atoms with Crippen LogP contribution < -0.4 is 26.7 Å². The first-order valence-corrected chi connectivity index (χ1v) is 11.9. The number of hydrogen-bond acceptors (Lipinski definition) is 9. The molecule has 3 rings (SSSR count). The Morgan fingerprint density at radius 3 is 2.80 bits per heavy atom. The number of aliphatic carboxylic acids is 1. The highest BCUT2D eigenvalue weighted by molar-refractivity contribution is 5.84. The van der Waals surface area contributed by atoms with Gasteiger partial charge in [0.05, 0.1) is 0 Å². The highest BCUT2D eigenvalue weighted by Gasteiger charge is 2.31. The Kier molecular flexibility index (Phi) is 10.6. The predicted octanol–water partition coefficient (Wildman–Crippen LogP) is 0.254. The SMILES string of the molecule is O=C(N[C@@H](CNC(=O)[C@H]1C[C@H](CCCCNC2=NCCCN2)NO1)C(=O)O)OCc1ccccc1. The van der Waals surface area contributed by atoms with Crippen LogP contribution in [0, 0.1) is 0 Å². The van der Waals surface area contributed by atoms with Gasteiger partial charge in [-0.3, -0.25) is 14.6 Å². The third-order valence-electron chi connectivity index (χ3n) is 5.62. The first-order valence-electron chi connectivity index (χ1n) is 11.9. The molecule has 1 aromatic rings. The highest BCUT2D eigenvalue weighted by atomic mass is 16.7. The molecule has 6 N–H and O–H groups in total. The number of carbonyl (C=O) groups is 3. The van der Waals surface area contributed by atoms with Crippen molar-refractivity contribution < 1.29 is 29.1 Å². The summed E-state index contributed by atoms with van der Waals surface area (Å²) in [5.41, 5.74) is 3.65. The van der Waals surface area contributed by atoms with E-state index in [0.717, 1.165) is 56.8 Å². The van der Waals surface area contributed by atoms with Crippen molar-refractivity contribution in [1.29, 1.82) is 0 Å². The molecule has 192 valence electrons. The van der Waals surface area contributed by atoms with Crippen LogP contribution in [0.3, 0.4) is 0 Å². The Morgan fingerprint density at radius 2 is 2.06 bits per heavy atom. The lowest BCUT2D eigenvalue weighted by atomic mass is 10.0. The van der Waals surface area contributed by atoms with Gasteiger partial charge in [-0.15, -0.1) is 0 Å². The average molecular weight is 491 g/mol. The first-order chi connectivity index (χ1) is 17.0. The van der Waals surface area contributed by atoms with Crippen molar-refractivity contribution in [3.8, 4) is 0 Å². The Morgan fingerprint density at radius 1 is 1.23 bits per heavy atom. The van der Waals surface area contributed by atoms with E-state index in [9.17, 15) is 19.5 Å². The number of hydrogen-bond donors (Lipinski definition) is 6. The fourth-order valence-corrected chi connectivity index (χ4v) is 3.67. The maximum absolute atomic E-state index is 12.4. The van der Waals surface area contributed by atoms with Gasteiger partial charge in [-0.05, 0) is 24.8 Å². The second-order valence-electron chi connectivity index (χ2n) is 8.43. The number of carboxylic acid groups (broad SMARTS) is 1. The van der Waals surface area contributed by atoms with Gasteiger partial charge in [0.15, 0.2) is 12.1 Å². The molecule has 0 unspecified atom stereocenters. The zero-order valence-corrected chi connectivity index (χ0v) is 19.6. The van der Waals surface area contributed by atoms with E-state index < -0.39 is 30.1 Å². The number of alkyl carbamates (subject to hydrolysis) is 1. The van der Waals surface area contributed by atoms with Gasteiger partial charge >= 0.3 is 12.1 Å². The van der Waals surface area contributed by atoms with E-state index in [-0.39, 0.29) is 19.2 Å². The van der Waals surface area contributed by atoms with E-state index in [1.807, 2.05) is 6.07 Å². The van der Waals surface area contributed by atoms with Crippen molar-refractivity contribution in [2.24, 2.45) is 4.99 Å². The molecule has 0 aromatic heterocycles. The summed E-state index contributed by atoms with van der Waals surface area (Å²) < 4.78 is 5.04. The van der Waals surface area contributed by atoms with Gasteiger partial charge in [0.2, 0.25) is 0 Å². The number of carboxylic acids is 1. The summed E-state index contributed by atoms with van der Waals surface area (Å²) in [5.74, 6) is -0.865. The van der Waals surface area contributed by atoms with Gasteiger partial charge in [-0.1, -0.05) is 36.8 Å². The lowest BCUT2D eigenvalue weighted by Crippen LogP contribution is -2.50. The van der Waals surface area contributed by atoms with Gasteiger partial charge in [0, 0.05) is 38.6 Å². The molecule has 0 saturated carbocycles. The first kappa shape index (κ1) is 26.2. The third-order valence-corrected chi connectivity index (χ3v) is 5.62. The number of amides is 2. The number of ether oxygens (including phenoxy) is 1. The van der Waals surface area contributed by atoms with Crippen molar-refractivity contribution >= 4 is 23.9 Å². The second-order valence-corrected chi connectivity index (χ2v) is 8.43. The minimum Gasteiger partial charge on any atom is -0.480 e. The quantitative estimate of drug-likeness (QED) is 0.226. The molecule has 0 spiro atoms. The van der Waals surface area contributed by atoms with Crippen LogP contribution in [0.2, 0.25) is 0 Å². The molecule has 35 heavy (non-hydrogen) atoms. The average Bonchev–Trinajstić information content (AvgIpc) is 3.35. The summed E-state index contributed by atoms with van der Waals surface area (Å²) in [4.78, 5) is 45.6. The number of unbranched alkanes of at least 4 members (excludes halogenated alkanes) is 1. The summed E-state index contributed by atoms with van der Waals surface area (Å²) in [6.07, 6.45) is 2.69. The number of rotatable bonds is 12. The number of nitrogens with one attached hydrogen (secondary N) is 5. The van der Waals surface area contributed by atoms with Crippen LogP contribution in [0.25, 0.3) is 0 Å². The minimum atomic E-state index is -1.33. The Labute approximate surface area is 204 Å². The molecule has 0 aliphatic carbocycles. The second kappa shape index (κ2) is 14.1. The Bertz CT molecular complexity index is 867. The van der Waals surface area contributed by atoms with Gasteiger partial charge in [-0.25, -0.2) is 9.59 Å². The summed E-state index contributed by atoms with van der Waals surface area (Å²) in [7, 11) is 0.